The highest BCUT2D eigenvalue weighted by Crippen LogP contribution is 2.27. The quantitative estimate of drug-likeness (QED) is 0.930. The van der Waals surface area contributed by atoms with E-state index in [9.17, 15) is 8.42 Å². The predicted octanol–water partition coefficient (Wildman–Crippen LogP) is 2.98. The molecule has 0 bridgehead atoms. The minimum Gasteiger partial charge on any atom is -0.263 e. The molecule has 0 aromatic carbocycles. The van der Waals surface area contributed by atoms with E-state index in [4.69, 9.17) is 11.6 Å². The Morgan fingerprint density at radius 2 is 2.05 bits per heavy atom. The Balaban J connectivity index is 2.11. The molecule has 1 heterocycles. The van der Waals surface area contributed by atoms with Gasteiger partial charge in [0.15, 0.2) is 0 Å². The summed E-state index contributed by atoms with van der Waals surface area (Å²) < 4.78 is 27.3. The van der Waals surface area contributed by atoms with Gasteiger partial charge in [-0.1, -0.05) is 30.9 Å². The molecule has 0 aliphatic heterocycles. The molecule has 2 rings (SSSR count). The van der Waals surface area contributed by atoms with Crippen molar-refractivity contribution in [1.82, 2.24) is 9.71 Å². The van der Waals surface area contributed by atoms with Crippen molar-refractivity contribution >= 4 is 21.6 Å². The van der Waals surface area contributed by atoms with Crippen LogP contribution in [0.15, 0.2) is 23.4 Å². The van der Waals surface area contributed by atoms with Crippen LogP contribution >= 0.6 is 11.6 Å². The van der Waals surface area contributed by atoms with Gasteiger partial charge in [-0.25, -0.2) is 13.1 Å². The monoisotopic (exact) mass is 302 g/mol. The van der Waals surface area contributed by atoms with Gasteiger partial charge >= 0.3 is 0 Å². The van der Waals surface area contributed by atoms with Crippen LogP contribution in [0.4, 0.5) is 0 Å². The second-order valence-electron chi connectivity index (χ2n) is 5.11. The number of halogens is 1. The Labute approximate surface area is 119 Å². The summed E-state index contributed by atoms with van der Waals surface area (Å²) >= 11 is 5.92. The highest BCUT2D eigenvalue weighted by atomic mass is 35.5. The van der Waals surface area contributed by atoms with Crippen LogP contribution in [-0.2, 0) is 10.0 Å². The van der Waals surface area contributed by atoms with E-state index < -0.39 is 10.0 Å². The van der Waals surface area contributed by atoms with Crippen LogP contribution in [0.3, 0.4) is 0 Å². The second-order valence-corrected chi connectivity index (χ2v) is 7.20. The molecular formula is C13H19ClN2O2S. The lowest BCUT2D eigenvalue weighted by Gasteiger charge is -2.28. The second kappa shape index (κ2) is 6.20. The standard InChI is InChI=1S/C13H19ClN2O2S/c1-10(11-5-3-2-4-6-11)16-19(17,18)13-9-15-8-7-12(13)14/h7-11,16H,2-6H2,1H3. The van der Waals surface area contributed by atoms with Crippen molar-refractivity contribution in [3.05, 3.63) is 23.5 Å². The minimum atomic E-state index is -3.58. The number of hydrogen-bond acceptors (Lipinski definition) is 3. The van der Waals surface area contributed by atoms with E-state index >= 15 is 0 Å². The number of rotatable bonds is 4. The van der Waals surface area contributed by atoms with Crippen molar-refractivity contribution in [3.8, 4) is 0 Å². The molecule has 1 fully saturated rings. The summed E-state index contributed by atoms with van der Waals surface area (Å²) in [5, 5.41) is 0.207. The topological polar surface area (TPSA) is 59.1 Å². The van der Waals surface area contributed by atoms with Crippen LogP contribution < -0.4 is 4.72 Å². The van der Waals surface area contributed by atoms with Gasteiger partial charge < -0.3 is 0 Å². The number of hydrogen-bond donors (Lipinski definition) is 1. The summed E-state index contributed by atoms with van der Waals surface area (Å²) in [4.78, 5) is 3.88. The van der Waals surface area contributed by atoms with Gasteiger partial charge in [-0.2, -0.15) is 0 Å². The van der Waals surface area contributed by atoms with Crippen molar-refractivity contribution in [1.29, 1.82) is 0 Å². The van der Waals surface area contributed by atoms with Crippen molar-refractivity contribution < 1.29 is 8.42 Å². The largest absolute Gasteiger partial charge is 0.263 e. The first-order valence-corrected chi connectivity index (χ1v) is 8.48. The lowest BCUT2D eigenvalue weighted by atomic mass is 9.85. The Kier molecular flexibility index (Phi) is 4.81. The minimum absolute atomic E-state index is 0.0549. The number of pyridine rings is 1. The predicted molar refractivity (Wildman–Crippen MR) is 75.6 cm³/mol. The number of nitrogens with one attached hydrogen (secondary N) is 1. The van der Waals surface area contributed by atoms with E-state index in [1.165, 1.54) is 37.7 Å². The van der Waals surface area contributed by atoms with Crippen molar-refractivity contribution in [3.63, 3.8) is 0 Å². The molecule has 106 valence electrons. The summed E-state index contributed by atoms with van der Waals surface area (Å²) in [6.07, 6.45) is 8.57. The molecule has 1 aliphatic rings. The zero-order valence-electron chi connectivity index (χ0n) is 11.0. The molecule has 1 aliphatic carbocycles. The molecule has 19 heavy (non-hydrogen) atoms. The first-order valence-electron chi connectivity index (χ1n) is 6.62. The molecule has 1 aromatic rings. The first-order chi connectivity index (χ1) is 9.00. The zero-order chi connectivity index (χ0) is 13.9. The third kappa shape index (κ3) is 3.68. The summed E-state index contributed by atoms with van der Waals surface area (Å²) in [6.45, 7) is 1.93. The third-order valence-electron chi connectivity index (χ3n) is 3.72. The molecule has 0 amide bonds. The maximum absolute atomic E-state index is 12.3. The molecule has 0 radical (unpaired) electrons. The van der Waals surface area contributed by atoms with Crippen LogP contribution in [0.2, 0.25) is 5.02 Å². The van der Waals surface area contributed by atoms with E-state index in [2.05, 4.69) is 9.71 Å². The molecular weight excluding hydrogens is 284 g/mol. The average Bonchev–Trinajstić information content (AvgIpc) is 2.39. The van der Waals surface area contributed by atoms with Gasteiger partial charge in [0.2, 0.25) is 10.0 Å². The van der Waals surface area contributed by atoms with E-state index in [1.54, 1.807) is 0 Å². The summed E-state index contributed by atoms with van der Waals surface area (Å²) in [6, 6.07) is 1.42. The van der Waals surface area contributed by atoms with Crippen molar-refractivity contribution in [2.24, 2.45) is 5.92 Å². The van der Waals surface area contributed by atoms with Crippen molar-refractivity contribution in [2.75, 3.05) is 0 Å². The molecule has 4 nitrogen and oxygen atoms in total. The van der Waals surface area contributed by atoms with E-state index in [0.717, 1.165) is 12.8 Å². The maximum Gasteiger partial charge on any atom is 0.243 e. The van der Waals surface area contributed by atoms with Crippen LogP contribution in [0.1, 0.15) is 39.0 Å². The van der Waals surface area contributed by atoms with Crippen LogP contribution in [0.25, 0.3) is 0 Å². The average molecular weight is 303 g/mol. The SMILES string of the molecule is CC(NS(=O)(=O)c1cnccc1Cl)C1CCCCC1. The van der Waals surface area contributed by atoms with Gasteiger partial charge in [0, 0.05) is 18.4 Å². The number of nitrogens with zero attached hydrogens (tertiary/aromatic N) is 1. The Hall–Kier alpha value is -0.650. The molecule has 1 N–H and O–H groups in total. The first kappa shape index (κ1) is 14.8. The van der Waals surface area contributed by atoms with Crippen LogP contribution in [0.5, 0.6) is 0 Å². The third-order valence-corrected chi connectivity index (χ3v) is 5.75. The van der Waals surface area contributed by atoms with Gasteiger partial charge in [-0.3, -0.25) is 4.98 Å². The Morgan fingerprint density at radius 1 is 1.37 bits per heavy atom. The van der Waals surface area contributed by atoms with Crippen LogP contribution in [0, 0.1) is 5.92 Å². The molecule has 0 spiro atoms. The van der Waals surface area contributed by atoms with Gasteiger partial charge in [0.05, 0.1) is 5.02 Å². The molecule has 1 saturated carbocycles. The normalized spacial score (nSPS) is 19.3. The van der Waals surface area contributed by atoms with Gasteiger partial charge in [0.25, 0.3) is 0 Å². The highest BCUT2D eigenvalue weighted by molar-refractivity contribution is 7.89. The van der Waals surface area contributed by atoms with Crippen LogP contribution in [-0.4, -0.2) is 19.4 Å². The number of sulfonamides is 1. The Morgan fingerprint density at radius 3 is 2.68 bits per heavy atom. The summed E-state index contributed by atoms with van der Waals surface area (Å²) in [5.41, 5.74) is 0. The van der Waals surface area contributed by atoms with E-state index in [0.29, 0.717) is 5.92 Å². The fourth-order valence-corrected chi connectivity index (χ4v) is 4.34. The van der Waals surface area contributed by atoms with Gasteiger partial charge in [-0.15, -0.1) is 0 Å². The molecule has 1 unspecified atom stereocenters. The maximum atomic E-state index is 12.3. The molecule has 0 saturated heterocycles. The van der Waals surface area contributed by atoms with Gasteiger partial charge in [0.1, 0.15) is 4.90 Å². The van der Waals surface area contributed by atoms with E-state index in [-0.39, 0.29) is 16.0 Å². The zero-order valence-corrected chi connectivity index (χ0v) is 12.5. The fraction of sp³-hybridized carbons (Fsp3) is 0.615. The lowest BCUT2D eigenvalue weighted by molar-refractivity contribution is 0.303. The lowest BCUT2D eigenvalue weighted by Crippen LogP contribution is -2.38. The van der Waals surface area contributed by atoms with Crippen molar-refractivity contribution in [2.45, 2.75) is 50.0 Å². The molecule has 1 aromatic heterocycles. The Bertz CT molecular complexity index is 527. The molecule has 1 atom stereocenters. The summed E-state index contributed by atoms with van der Waals surface area (Å²) in [7, 11) is -3.58. The highest BCUT2D eigenvalue weighted by Gasteiger charge is 2.26. The van der Waals surface area contributed by atoms with E-state index in [1.807, 2.05) is 6.92 Å². The molecule has 6 heteroatoms. The van der Waals surface area contributed by atoms with Gasteiger partial charge in [-0.05, 0) is 31.7 Å². The smallest absolute Gasteiger partial charge is 0.243 e. The summed E-state index contributed by atoms with van der Waals surface area (Å²) in [5.74, 6) is 0.416. The fourth-order valence-electron chi connectivity index (χ4n) is 2.60. The number of aromatic nitrogens is 1.